The van der Waals surface area contributed by atoms with Crippen molar-refractivity contribution in [1.82, 2.24) is 4.90 Å². The molecule has 0 spiro atoms. The predicted molar refractivity (Wildman–Crippen MR) is 146 cm³/mol. The van der Waals surface area contributed by atoms with Gasteiger partial charge in [0.05, 0.1) is 0 Å². The first kappa shape index (κ1) is 22.4. The van der Waals surface area contributed by atoms with E-state index in [-0.39, 0.29) is 23.4 Å². The van der Waals surface area contributed by atoms with E-state index in [2.05, 4.69) is 28.0 Å². The SMILES string of the molecule is O=C(C=CC1=CC2C=C3CCCN4CCCC(=C34)C2O1)c1cc2cc3c4c(c2oc1=O)CCCN4CCC3. The van der Waals surface area contributed by atoms with Gasteiger partial charge >= 0.3 is 5.63 Å². The maximum Gasteiger partial charge on any atom is 0.347 e. The molecular formula is C32H32N2O4. The summed E-state index contributed by atoms with van der Waals surface area (Å²) in [5, 5.41) is 0.853. The quantitative estimate of drug-likeness (QED) is 0.322. The van der Waals surface area contributed by atoms with Gasteiger partial charge in [0.15, 0.2) is 5.78 Å². The van der Waals surface area contributed by atoms with Gasteiger partial charge in [-0.2, -0.15) is 0 Å². The number of nitrogens with zero attached hydrogens (tertiary/aromatic N) is 2. The third-order valence-electron chi connectivity index (χ3n) is 9.26. The van der Waals surface area contributed by atoms with E-state index in [9.17, 15) is 9.59 Å². The molecule has 6 heteroatoms. The Morgan fingerprint density at radius 1 is 0.921 bits per heavy atom. The highest BCUT2D eigenvalue weighted by atomic mass is 16.5. The standard InChI is InChI=1S/C32H32N2O4/c35-27(10-9-23-17-21-15-19-5-1-11-33-13-3-7-24(28(19)33)30(21)37-23)26-18-22-16-20-6-2-12-34-14-4-8-25(29(20)34)31(22)38-32(26)36/h9-10,15-18,21,30H,1-8,11-14H2. The molecule has 8 rings (SSSR count). The van der Waals surface area contributed by atoms with Gasteiger partial charge in [-0.3, -0.25) is 4.79 Å². The van der Waals surface area contributed by atoms with Gasteiger partial charge in [0.25, 0.3) is 0 Å². The zero-order valence-electron chi connectivity index (χ0n) is 21.6. The number of anilines is 1. The predicted octanol–water partition coefficient (Wildman–Crippen LogP) is 5.21. The number of carbonyl (C=O) groups excluding carboxylic acids is 1. The second-order valence-electron chi connectivity index (χ2n) is 11.6. The Kier molecular flexibility index (Phi) is 5.01. The zero-order valence-corrected chi connectivity index (χ0v) is 21.6. The van der Waals surface area contributed by atoms with Crippen LogP contribution in [0.15, 0.2) is 68.3 Å². The number of benzene rings is 1. The minimum absolute atomic E-state index is 0.0258. The Morgan fingerprint density at radius 3 is 2.61 bits per heavy atom. The second-order valence-corrected chi connectivity index (χ2v) is 11.6. The number of piperidine rings is 1. The molecule has 0 amide bonds. The molecule has 194 valence electrons. The number of hydrogen-bond acceptors (Lipinski definition) is 6. The zero-order chi connectivity index (χ0) is 25.4. The maximum absolute atomic E-state index is 13.2. The van der Waals surface area contributed by atoms with Gasteiger partial charge < -0.3 is 19.0 Å². The summed E-state index contributed by atoms with van der Waals surface area (Å²) in [7, 11) is 0. The summed E-state index contributed by atoms with van der Waals surface area (Å²) in [5.41, 5.74) is 8.19. The minimum Gasteiger partial charge on any atom is -0.485 e. The number of allylic oxidation sites excluding steroid dienone is 3. The van der Waals surface area contributed by atoms with E-state index in [1.165, 1.54) is 47.0 Å². The molecule has 2 atom stereocenters. The summed E-state index contributed by atoms with van der Waals surface area (Å²) in [4.78, 5) is 31.1. The average Bonchev–Trinajstić information content (AvgIpc) is 3.36. The molecule has 1 fully saturated rings. The van der Waals surface area contributed by atoms with E-state index in [0.29, 0.717) is 11.3 Å². The molecule has 6 heterocycles. The van der Waals surface area contributed by atoms with Crippen LogP contribution >= 0.6 is 0 Å². The molecule has 6 aliphatic rings. The highest BCUT2D eigenvalue weighted by Crippen LogP contribution is 2.46. The minimum atomic E-state index is -0.561. The number of hydrogen-bond donors (Lipinski definition) is 0. The van der Waals surface area contributed by atoms with E-state index in [0.717, 1.165) is 75.7 Å². The number of ketones is 1. The molecule has 1 saturated heterocycles. The lowest BCUT2D eigenvalue weighted by Crippen LogP contribution is -2.39. The van der Waals surface area contributed by atoms with Crippen molar-refractivity contribution in [3.05, 3.63) is 86.1 Å². The van der Waals surface area contributed by atoms with Gasteiger partial charge in [0, 0.05) is 54.4 Å². The number of aryl methyl sites for hydroxylation is 2. The second kappa shape index (κ2) is 8.48. The third-order valence-corrected chi connectivity index (χ3v) is 9.26. The maximum atomic E-state index is 13.2. The fraction of sp³-hybridized carbons (Fsp3) is 0.438. The summed E-state index contributed by atoms with van der Waals surface area (Å²) in [6.07, 6.45) is 16.4. The van der Waals surface area contributed by atoms with Gasteiger partial charge in [-0.15, -0.1) is 0 Å². The molecule has 5 aliphatic heterocycles. The van der Waals surface area contributed by atoms with Crippen LogP contribution in [0.3, 0.4) is 0 Å². The lowest BCUT2D eigenvalue weighted by Gasteiger charge is -2.43. The van der Waals surface area contributed by atoms with Crippen molar-refractivity contribution < 1.29 is 13.9 Å². The van der Waals surface area contributed by atoms with Crippen LogP contribution in [0, 0.1) is 5.92 Å². The molecular weight excluding hydrogens is 476 g/mol. The fourth-order valence-corrected chi connectivity index (χ4v) is 7.72. The van der Waals surface area contributed by atoms with Crippen LogP contribution in [0.4, 0.5) is 5.69 Å². The molecule has 1 aromatic heterocycles. The summed E-state index contributed by atoms with van der Waals surface area (Å²) < 4.78 is 12.2. The first-order valence-corrected chi connectivity index (χ1v) is 14.3. The average molecular weight is 509 g/mol. The van der Waals surface area contributed by atoms with Crippen molar-refractivity contribution in [2.45, 2.75) is 57.5 Å². The Hall–Kier alpha value is -3.54. The molecule has 6 nitrogen and oxygen atoms in total. The topological polar surface area (TPSA) is 63.0 Å². The van der Waals surface area contributed by atoms with Crippen LogP contribution in [0.1, 0.15) is 60.0 Å². The Bertz CT molecular complexity index is 1570. The van der Waals surface area contributed by atoms with Crippen LogP contribution in [-0.2, 0) is 17.6 Å². The first-order valence-electron chi connectivity index (χ1n) is 14.3. The molecule has 1 aliphatic carbocycles. The van der Waals surface area contributed by atoms with Crippen LogP contribution in [-0.4, -0.2) is 43.0 Å². The van der Waals surface area contributed by atoms with Gasteiger partial charge in [-0.1, -0.05) is 6.08 Å². The van der Waals surface area contributed by atoms with Crippen LogP contribution in [0.2, 0.25) is 0 Å². The number of rotatable bonds is 3. The summed E-state index contributed by atoms with van der Waals surface area (Å²) >= 11 is 0. The fourth-order valence-electron chi connectivity index (χ4n) is 7.72. The van der Waals surface area contributed by atoms with Gasteiger partial charge in [0.1, 0.15) is 23.0 Å². The summed E-state index contributed by atoms with van der Waals surface area (Å²) in [6.45, 7) is 4.40. The highest BCUT2D eigenvalue weighted by Gasteiger charge is 2.40. The molecule has 1 aromatic carbocycles. The van der Waals surface area contributed by atoms with Gasteiger partial charge in [-0.25, -0.2) is 4.79 Å². The number of fused-ring (bicyclic) bond motifs is 4. The largest absolute Gasteiger partial charge is 0.485 e. The Morgan fingerprint density at radius 2 is 1.71 bits per heavy atom. The van der Waals surface area contributed by atoms with Crippen molar-refractivity contribution >= 4 is 22.4 Å². The molecule has 38 heavy (non-hydrogen) atoms. The molecule has 2 aromatic rings. The van der Waals surface area contributed by atoms with Gasteiger partial charge in [-0.05, 0) is 98.4 Å². The van der Waals surface area contributed by atoms with E-state index in [1.54, 1.807) is 12.1 Å². The first-order chi connectivity index (χ1) is 18.6. The van der Waals surface area contributed by atoms with Crippen molar-refractivity contribution in [2.75, 3.05) is 31.1 Å². The van der Waals surface area contributed by atoms with Crippen molar-refractivity contribution in [3.8, 4) is 0 Å². The highest BCUT2D eigenvalue weighted by molar-refractivity contribution is 6.06. The van der Waals surface area contributed by atoms with E-state index < -0.39 is 5.63 Å². The lowest BCUT2D eigenvalue weighted by atomic mass is 9.79. The Labute approximate surface area is 221 Å². The van der Waals surface area contributed by atoms with Crippen LogP contribution in [0.25, 0.3) is 11.0 Å². The van der Waals surface area contributed by atoms with Crippen molar-refractivity contribution in [1.29, 1.82) is 0 Å². The van der Waals surface area contributed by atoms with E-state index >= 15 is 0 Å². The molecule has 0 saturated carbocycles. The smallest absolute Gasteiger partial charge is 0.347 e. The number of carbonyl (C=O) groups is 1. The summed E-state index contributed by atoms with van der Waals surface area (Å²) in [6, 6.07) is 3.86. The van der Waals surface area contributed by atoms with E-state index in [1.807, 2.05) is 0 Å². The molecule has 0 bridgehead atoms. The molecule has 0 N–H and O–H groups in total. The van der Waals surface area contributed by atoms with Crippen molar-refractivity contribution in [2.24, 2.45) is 5.92 Å². The third kappa shape index (κ3) is 3.38. The normalized spacial score (nSPS) is 25.6. The molecule has 2 unspecified atom stereocenters. The Balaban J connectivity index is 1.09. The van der Waals surface area contributed by atoms with Crippen molar-refractivity contribution in [3.63, 3.8) is 0 Å². The van der Waals surface area contributed by atoms with Crippen LogP contribution < -0.4 is 10.5 Å². The lowest BCUT2D eigenvalue weighted by molar-refractivity contribution is 0.104. The summed E-state index contributed by atoms with van der Waals surface area (Å²) in [5.74, 6) is 0.578. The monoisotopic (exact) mass is 508 g/mol. The number of ether oxygens (including phenoxy) is 1. The molecule has 0 radical (unpaired) electrons. The van der Waals surface area contributed by atoms with E-state index in [4.69, 9.17) is 9.15 Å². The van der Waals surface area contributed by atoms with Crippen LogP contribution in [0.5, 0.6) is 0 Å². The van der Waals surface area contributed by atoms with Gasteiger partial charge in [0.2, 0.25) is 0 Å².